The predicted molar refractivity (Wildman–Crippen MR) is 83.7 cm³/mol. The van der Waals surface area contributed by atoms with Crippen LogP contribution in [0.5, 0.6) is 5.75 Å². The van der Waals surface area contributed by atoms with Crippen LogP contribution in [0.3, 0.4) is 0 Å². The van der Waals surface area contributed by atoms with E-state index in [-0.39, 0.29) is 29.8 Å². The first-order valence-electron chi connectivity index (χ1n) is 6.39. The van der Waals surface area contributed by atoms with Gasteiger partial charge in [-0.1, -0.05) is 13.8 Å². The third kappa shape index (κ3) is 5.29. The predicted octanol–water partition coefficient (Wildman–Crippen LogP) is 1.51. The first kappa shape index (κ1) is 17.9. The minimum atomic E-state index is -3.61. The van der Waals surface area contributed by atoms with E-state index in [4.69, 9.17) is 4.74 Å². The summed E-state index contributed by atoms with van der Waals surface area (Å²) in [5, 5.41) is 2.64. The summed E-state index contributed by atoms with van der Waals surface area (Å²) in [5.74, 6) is 0.318. The number of benzene rings is 1. The monoisotopic (exact) mass is 378 g/mol. The number of halogens is 1. The topological polar surface area (TPSA) is 84.5 Å². The highest BCUT2D eigenvalue weighted by molar-refractivity contribution is 9.10. The molecule has 0 atom stereocenters. The maximum absolute atomic E-state index is 12.1. The molecular weight excluding hydrogens is 360 g/mol. The molecule has 1 rings (SSSR count). The standard InChI is InChI=1S/C13H19BrN2O4S/c1-9(2)13(17)15-6-7-16-21(18,19)10-4-5-12(20-3)11(14)8-10/h4-5,8-9,16H,6-7H2,1-3H3,(H,15,17). The molecule has 0 aliphatic rings. The van der Waals surface area contributed by atoms with Crippen LogP contribution >= 0.6 is 15.9 Å². The Morgan fingerprint density at radius 1 is 1.33 bits per heavy atom. The lowest BCUT2D eigenvalue weighted by atomic mass is 10.2. The fourth-order valence-electron chi connectivity index (χ4n) is 1.47. The summed E-state index contributed by atoms with van der Waals surface area (Å²) >= 11 is 3.24. The second kappa shape index (κ2) is 7.77. The Morgan fingerprint density at radius 3 is 2.52 bits per heavy atom. The average molecular weight is 379 g/mol. The Morgan fingerprint density at radius 2 is 2.00 bits per heavy atom. The summed E-state index contributed by atoms with van der Waals surface area (Å²) in [6.07, 6.45) is 0. The quantitative estimate of drug-likeness (QED) is 0.704. The Balaban J connectivity index is 2.62. The SMILES string of the molecule is COc1ccc(S(=O)(=O)NCCNC(=O)C(C)C)cc1Br. The van der Waals surface area contributed by atoms with Crippen molar-refractivity contribution in [2.75, 3.05) is 20.2 Å². The summed E-state index contributed by atoms with van der Waals surface area (Å²) < 4.78 is 32.2. The molecule has 0 aliphatic carbocycles. The maximum Gasteiger partial charge on any atom is 0.240 e. The van der Waals surface area contributed by atoms with E-state index in [1.807, 2.05) is 0 Å². The summed E-state index contributed by atoms with van der Waals surface area (Å²) in [4.78, 5) is 11.5. The van der Waals surface area contributed by atoms with E-state index in [2.05, 4.69) is 26.0 Å². The third-order valence-electron chi connectivity index (χ3n) is 2.67. The van der Waals surface area contributed by atoms with E-state index in [9.17, 15) is 13.2 Å². The number of hydrogen-bond acceptors (Lipinski definition) is 4. The maximum atomic E-state index is 12.1. The van der Waals surface area contributed by atoms with Crippen LogP contribution in [-0.4, -0.2) is 34.5 Å². The number of amides is 1. The van der Waals surface area contributed by atoms with Crippen LogP contribution in [0, 0.1) is 5.92 Å². The van der Waals surface area contributed by atoms with Crippen LogP contribution in [0.1, 0.15) is 13.8 Å². The lowest BCUT2D eigenvalue weighted by molar-refractivity contribution is -0.123. The van der Waals surface area contributed by atoms with Gasteiger partial charge in [0, 0.05) is 19.0 Å². The number of carbonyl (C=O) groups is 1. The van der Waals surface area contributed by atoms with Crippen LogP contribution in [0.4, 0.5) is 0 Å². The normalized spacial score (nSPS) is 11.5. The van der Waals surface area contributed by atoms with Crippen LogP contribution in [0.2, 0.25) is 0 Å². The van der Waals surface area contributed by atoms with Gasteiger partial charge in [0.25, 0.3) is 0 Å². The molecule has 6 nitrogen and oxygen atoms in total. The van der Waals surface area contributed by atoms with Gasteiger partial charge in [-0.25, -0.2) is 13.1 Å². The summed E-state index contributed by atoms with van der Waals surface area (Å²) in [7, 11) is -2.11. The van der Waals surface area contributed by atoms with Crippen LogP contribution in [0.25, 0.3) is 0 Å². The molecule has 118 valence electrons. The Labute approximate surface area is 133 Å². The summed E-state index contributed by atoms with van der Waals surface area (Å²) in [6.45, 7) is 3.92. The number of sulfonamides is 1. The van der Waals surface area contributed by atoms with E-state index >= 15 is 0 Å². The number of nitrogens with one attached hydrogen (secondary N) is 2. The van der Waals surface area contributed by atoms with Crippen molar-refractivity contribution in [3.8, 4) is 5.75 Å². The first-order chi connectivity index (χ1) is 9.77. The second-order valence-electron chi connectivity index (χ2n) is 4.64. The van der Waals surface area contributed by atoms with E-state index in [0.717, 1.165) is 0 Å². The lowest BCUT2D eigenvalue weighted by Gasteiger charge is -2.10. The van der Waals surface area contributed by atoms with Crippen molar-refractivity contribution in [3.63, 3.8) is 0 Å². The van der Waals surface area contributed by atoms with Gasteiger partial charge in [0.15, 0.2) is 0 Å². The highest BCUT2D eigenvalue weighted by atomic mass is 79.9. The fourth-order valence-corrected chi connectivity index (χ4v) is 3.22. The Bertz CT molecular complexity index is 602. The van der Waals surface area contributed by atoms with E-state index < -0.39 is 10.0 Å². The number of methoxy groups -OCH3 is 1. The number of carbonyl (C=O) groups excluding carboxylic acids is 1. The average Bonchev–Trinajstić information content (AvgIpc) is 2.43. The van der Waals surface area contributed by atoms with Crippen molar-refractivity contribution in [2.24, 2.45) is 5.92 Å². The van der Waals surface area contributed by atoms with Gasteiger partial charge in [0.1, 0.15) is 5.75 Å². The molecule has 21 heavy (non-hydrogen) atoms. The fraction of sp³-hybridized carbons (Fsp3) is 0.462. The van der Waals surface area contributed by atoms with Crippen molar-refractivity contribution in [1.82, 2.24) is 10.0 Å². The largest absolute Gasteiger partial charge is 0.496 e. The molecule has 0 saturated carbocycles. The molecule has 0 fully saturated rings. The molecule has 0 bridgehead atoms. The molecule has 0 unspecified atom stereocenters. The van der Waals surface area contributed by atoms with Gasteiger partial charge in [-0.3, -0.25) is 4.79 Å². The summed E-state index contributed by atoms with van der Waals surface area (Å²) in [5.41, 5.74) is 0. The zero-order valence-electron chi connectivity index (χ0n) is 12.1. The van der Waals surface area contributed by atoms with E-state index in [0.29, 0.717) is 10.2 Å². The Hall–Kier alpha value is -1.12. The first-order valence-corrected chi connectivity index (χ1v) is 8.66. The zero-order chi connectivity index (χ0) is 16.0. The van der Waals surface area contributed by atoms with Crippen molar-refractivity contribution in [3.05, 3.63) is 22.7 Å². The zero-order valence-corrected chi connectivity index (χ0v) is 14.5. The number of rotatable bonds is 7. The van der Waals surface area contributed by atoms with E-state index in [1.165, 1.54) is 19.2 Å². The van der Waals surface area contributed by atoms with E-state index in [1.54, 1.807) is 19.9 Å². The van der Waals surface area contributed by atoms with Gasteiger partial charge in [0.2, 0.25) is 15.9 Å². The summed E-state index contributed by atoms with van der Waals surface area (Å²) in [6, 6.07) is 4.49. The highest BCUT2D eigenvalue weighted by Gasteiger charge is 2.15. The van der Waals surface area contributed by atoms with Crippen molar-refractivity contribution >= 4 is 31.9 Å². The van der Waals surface area contributed by atoms with Crippen molar-refractivity contribution in [2.45, 2.75) is 18.7 Å². The third-order valence-corrected chi connectivity index (χ3v) is 4.75. The minimum Gasteiger partial charge on any atom is -0.496 e. The molecule has 0 saturated heterocycles. The second-order valence-corrected chi connectivity index (χ2v) is 7.26. The van der Waals surface area contributed by atoms with Gasteiger partial charge in [-0.2, -0.15) is 0 Å². The molecule has 0 heterocycles. The molecule has 0 aliphatic heterocycles. The highest BCUT2D eigenvalue weighted by Crippen LogP contribution is 2.27. The molecule has 0 spiro atoms. The molecule has 2 N–H and O–H groups in total. The van der Waals surface area contributed by atoms with Gasteiger partial charge >= 0.3 is 0 Å². The molecule has 1 aromatic rings. The van der Waals surface area contributed by atoms with Crippen molar-refractivity contribution in [1.29, 1.82) is 0 Å². The molecular formula is C13H19BrN2O4S. The van der Waals surface area contributed by atoms with Gasteiger partial charge in [0.05, 0.1) is 16.5 Å². The van der Waals surface area contributed by atoms with Crippen LogP contribution in [0.15, 0.2) is 27.6 Å². The Kier molecular flexibility index (Phi) is 6.63. The smallest absolute Gasteiger partial charge is 0.240 e. The number of ether oxygens (including phenoxy) is 1. The van der Waals surface area contributed by atoms with Gasteiger partial charge in [-0.05, 0) is 34.1 Å². The number of hydrogen-bond donors (Lipinski definition) is 2. The molecule has 1 amide bonds. The van der Waals surface area contributed by atoms with Crippen LogP contribution < -0.4 is 14.8 Å². The molecule has 8 heteroatoms. The molecule has 0 aromatic heterocycles. The minimum absolute atomic E-state index is 0.110. The molecule has 0 radical (unpaired) electrons. The molecule has 1 aromatic carbocycles. The van der Waals surface area contributed by atoms with Gasteiger partial charge in [-0.15, -0.1) is 0 Å². The van der Waals surface area contributed by atoms with Crippen LogP contribution in [-0.2, 0) is 14.8 Å². The lowest BCUT2D eigenvalue weighted by Crippen LogP contribution is -2.36. The van der Waals surface area contributed by atoms with Crippen molar-refractivity contribution < 1.29 is 17.9 Å². The van der Waals surface area contributed by atoms with Gasteiger partial charge < -0.3 is 10.1 Å².